The van der Waals surface area contributed by atoms with Crippen LogP contribution in [0.1, 0.15) is 48.2 Å². The molecule has 2 amide bonds. The van der Waals surface area contributed by atoms with Gasteiger partial charge >= 0.3 is 6.03 Å². The maximum Gasteiger partial charge on any atom is 0.317 e. The number of aromatic nitrogens is 3. The van der Waals surface area contributed by atoms with Crippen molar-refractivity contribution in [3.63, 3.8) is 0 Å². The molecule has 3 aliphatic heterocycles. The Kier molecular flexibility index (Phi) is 5.95. The lowest BCUT2D eigenvalue weighted by Gasteiger charge is -2.41. The SMILES string of the molecule is Cc1cc(-c2n[nH]c3c2CN(C(=O)NC2CC[C@H]4CC[C@@H]2N4Cc2c(F)cccc2F)CC3)ccn1. The summed E-state index contributed by atoms with van der Waals surface area (Å²) < 4.78 is 28.7. The molecule has 5 heterocycles. The Morgan fingerprint density at radius 1 is 1.17 bits per heavy atom. The lowest BCUT2D eigenvalue weighted by atomic mass is 9.96. The maximum atomic E-state index is 14.3. The number of piperidine rings is 1. The summed E-state index contributed by atoms with van der Waals surface area (Å²) in [5, 5.41) is 11.0. The Balaban J connectivity index is 1.16. The zero-order valence-electron chi connectivity index (χ0n) is 20.3. The molecule has 3 aromatic rings. The molecule has 9 heteroatoms. The van der Waals surface area contributed by atoms with Gasteiger partial charge in [0.15, 0.2) is 0 Å². The number of aromatic amines is 1. The number of fused-ring (bicyclic) bond motifs is 3. The van der Waals surface area contributed by atoms with E-state index in [1.165, 1.54) is 18.2 Å². The first kappa shape index (κ1) is 23.1. The number of hydrogen-bond donors (Lipinski definition) is 2. The average molecular weight is 493 g/mol. The van der Waals surface area contributed by atoms with Crippen LogP contribution in [0.2, 0.25) is 0 Å². The highest BCUT2D eigenvalue weighted by atomic mass is 19.1. The first-order chi connectivity index (χ1) is 17.5. The normalized spacial score (nSPS) is 23.5. The van der Waals surface area contributed by atoms with Crippen molar-refractivity contribution in [3.05, 3.63) is 70.7 Å². The van der Waals surface area contributed by atoms with Gasteiger partial charge in [0.25, 0.3) is 0 Å². The predicted molar refractivity (Wildman–Crippen MR) is 131 cm³/mol. The number of nitrogens with one attached hydrogen (secondary N) is 2. The molecule has 2 bridgehead atoms. The Hall–Kier alpha value is -3.33. The number of aryl methyl sites for hydroxylation is 1. The van der Waals surface area contributed by atoms with Crippen molar-refractivity contribution in [1.29, 1.82) is 0 Å². The third-order valence-corrected chi connectivity index (χ3v) is 8.07. The van der Waals surface area contributed by atoms with Crippen molar-refractivity contribution in [2.45, 2.75) is 70.2 Å². The number of urea groups is 1. The van der Waals surface area contributed by atoms with Crippen molar-refractivity contribution in [2.75, 3.05) is 6.54 Å². The summed E-state index contributed by atoms with van der Waals surface area (Å²) in [7, 11) is 0. The van der Waals surface area contributed by atoms with Crippen molar-refractivity contribution >= 4 is 6.03 Å². The van der Waals surface area contributed by atoms with Crippen LogP contribution in [0.15, 0.2) is 36.5 Å². The van der Waals surface area contributed by atoms with E-state index >= 15 is 0 Å². The van der Waals surface area contributed by atoms with Gasteiger partial charge in [0.2, 0.25) is 0 Å². The first-order valence-electron chi connectivity index (χ1n) is 12.7. The van der Waals surface area contributed by atoms with E-state index in [4.69, 9.17) is 0 Å². The molecule has 36 heavy (non-hydrogen) atoms. The number of pyridine rings is 1. The highest BCUT2D eigenvalue weighted by molar-refractivity contribution is 5.76. The Labute approximate surface area is 208 Å². The van der Waals surface area contributed by atoms with Gasteiger partial charge in [0.05, 0.1) is 12.2 Å². The third-order valence-electron chi connectivity index (χ3n) is 8.07. The van der Waals surface area contributed by atoms with E-state index in [2.05, 4.69) is 25.4 Å². The number of nitrogens with zero attached hydrogens (tertiary/aromatic N) is 4. The second-order valence-corrected chi connectivity index (χ2v) is 10.2. The Bertz CT molecular complexity index is 1270. The average Bonchev–Trinajstić information content (AvgIpc) is 3.41. The van der Waals surface area contributed by atoms with Gasteiger partial charge in [-0.2, -0.15) is 5.10 Å². The van der Waals surface area contributed by atoms with E-state index in [9.17, 15) is 13.6 Å². The quantitative estimate of drug-likeness (QED) is 0.569. The monoisotopic (exact) mass is 492 g/mol. The van der Waals surface area contributed by atoms with Crippen LogP contribution in [0.5, 0.6) is 0 Å². The molecule has 188 valence electrons. The van der Waals surface area contributed by atoms with Gasteiger partial charge in [-0.3, -0.25) is 15.0 Å². The van der Waals surface area contributed by atoms with Crippen molar-refractivity contribution in [2.24, 2.45) is 0 Å². The van der Waals surface area contributed by atoms with Crippen LogP contribution in [-0.2, 0) is 19.5 Å². The zero-order valence-corrected chi connectivity index (χ0v) is 20.3. The van der Waals surface area contributed by atoms with Gasteiger partial charge in [-0.1, -0.05) is 6.07 Å². The second kappa shape index (κ2) is 9.28. The molecule has 3 aliphatic rings. The molecule has 0 spiro atoms. The molecule has 0 radical (unpaired) electrons. The van der Waals surface area contributed by atoms with E-state index in [1.54, 1.807) is 6.20 Å². The summed E-state index contributed by atoms with van der Waals surface area (Å²) in [6, 6.07) is 8.21. The lowest BCUT2D eigenvalue weighted by molar-refractivity contribution is 0.0962. The summed E-state index contributed by atoms with van der Waals surface area (Å²) >= 11 is 0. The van der Waals surface area contributed by atoms with E-state index in [0.717, 1.165) is 53.9 Å². The summed E-state index contributed by atoms with van der Waals surface area (Å²) in [6.07, 6.45) is 6.19. The molecule has 1 aromatic carbocycles. The van der Waals surface area contributed by atoms with Crippen LogP contribution in [0.4, 0.5) is 13.6 Å². The minimum atomic E-state index is -0.509. The van der Waals surface area contributed by atoms with Crippen LogP contribution in [0, 0.1) is 18.6 Å². The lowest BCUT2D eigenvalue weighted by Crippen LogP contribution is -2.56. The molecule has 3 atom stereocenters. The molecule has 2 fully saturated rings. The molecular weight excluding hydrogens is 462 g/mol. The third kappa shape index (κ3) is 4.15. The standard InChI is InChI=1S/C27H30F2N6O/c1-16-13-17(9-11-30-16)26-20-14-34(12-10-23(20)32-33-26)27(36)31-24-7-5-18-6-8-25(24)35(18)15-19-21(28)3-2-4-22(19)29/h2-4,9,11,13,18,24-25H,5-8,10,12,14-15H2,1H3,(H,31,36)(H,32,33)/t18-,24?,25-/m0/s1. The van der Waals surface area contributed by atoms with Crippen LogP contribution in [-0.4, -0.2) is 55.7 Å². The van der Waals surface area contributed by atoms with Gasteiger partial charge in [0.1, 0.15) is 11.6 Å². The molecule has 0 aliphatic carbocycles. The number of carbonyl (C=O) groups is 1. The predicted octanol–water partition coefficient (Wildman–Crippen LogP) is 4.32. The highest BCUT2D eigenvalue weighted by Crippen LogP contribution is 2.38. The summed E-state index contributed by atoms with van der Waals surface area (Å²) in [5.74, 6) is -1.02. The van der Waals surface area contributed by atoms with Gasteiger partial charge in [-0.05, 0) is 56.9 Å². The van der Waals surface area contributed by atoms with E-state index in [-0.39, 0.29) is 30.2 Å². The maximum absolute atomic E-state index is 14.3. The fraction of sp³-hybridized carbons (Fsp3) is 0.444. The van der Waals surface area contributed by atoms with Crippen LogP contribution in [0.25, 0.3) is 11.3 Å². The summed E-state index contributed by atoms with van der Waals surface area (Å²) in [4.78, 5) is 21.7. The van der Waals surface area contributed by atoms with Gasteiger partial charge < -0.3 is 10.2 Å². The Morgan fingerprint density at radius 2 is 1.97 bits per heavy atom. The number of carbonyl (C=O) groups excluding carboxylic acids is 1. The molecular formula is C27H30F2N6O. The molecule has 2 N–H and O–H groups in total. The van der Waals surface area contributed by atoms with Crippen molar-refractivity contribution in [3.8, 4) is 11.3 Å². The number of H-pyrrole nitrogens is 1. The molecule has 0 saturated carbocycles. The van der Waals surface area contributed by atoms with Crippen molar-refractivity contribution in [1.82, 2.24) is 30.3 Å². The molecule has 2 saturated heterocycles. The van der Waals surface area contributed by atoms with Crippen LogP contribution in [0.3, 0.4) is 0 Å². The minimum Gasteiger partial charge on any atom is -0.334 e. The molecule has 2 aromatic heterocycles. The van der Waals surface area contributed by atoms with E-state index in [0.29, 0.717) is 25.6 Å². The number of benzene rings is 1. The molecule has 6 rings (SSSR count). The largest absolute Gasteiger partial charge is 0.334 e. The highest BCUT2D eigenvalue weighted by Gasteiger charge is 2.43. The van der Waals surface area contributed by atoms with E-state index < -0.39 is 11.6 Å². The fourth-order valence-corrected chi connectivity index (χ4v) is 6.20. The summed E-state index contributed by atoms with van der Waals surface area (Å²) in [5.41, 5.74) is 5.00. The van der Waals surface area contributed by atoms with E-state index in [1.807, 2.05) is 24.0 Å². The van der Waals surface area contributed by atoms with Crippen LogP contribution < -0.4 is 5.32 Å². The number of rotatable bonds is 4. The van der Waals surface area contributed by atoms with Gasteiger partial charge in [0, 0.05) is 71.9 Å². The van der Waals surface area contributed by atoms with Gasteiger partial charge in [-0.15, -0.1) is 0 Å². The minimum absolute atomic E-state index is 0.0425. The number of halogens is 2. The second-order valence-electron chi connectivity index (χ2n) is 10.2. The van der Waals surface area contributed by atoms with Crippen molar-refractivity contribution < 1.29 is 13.6 Å². The fourth-order valence-electron chi connectivity index (χ4n) is 6.20. The smallest absolute Gasteiger partial charge is 0.317 e. The molecule has 1 unspecified atom stereocenters. The first-order valence-corrected chi connectivity index (χ1v) is 12.7. The van der Waals surface area contributed by atoms with Crippen LogP contribution >= 0.6 is 0 Å². The van der Waals surface area contributed by atoms with Gasteiger partial charge in [-0.25, -0.2) is 13.6 Å². The number of amides is 2. The zero-order chi connectivity index (χ0) is 24.8. The topological polar surface area (TPSA) is 77.2 Å². The summed E-state index contributed by atoms with van der Waals surface area (Å²) in [6.45, 7) is 3.28. The number of hydrogen-bond acceptors (Lipinski definition) is 4. The Morgan fingerprint density at radius 3 is 2.78 bits per heavy atom. The molecule has 7 nitrogen and oxygen atoms in total.